The van der Waals surface area contributed by atoms with Crippen molar-refractivity contribution in [2.24, 2.45) is 0 Å². The molecule has 1 atom stereocenters. The molecule has 1 fully saturated rings. The van der Waals surface area contributed by atoms with Crippen molar-refractivity contribution < 1.29 is 4.74 Å². The van der Waals surface area contributed by atoms with E-state index in [1.165, 1.54) is 12.8 Å². The van der Waals surface area contributed by atoms with Gasteiger partial charge in [0.15, 0.2) is 0 Å². The molecule has 21 heavy (non-hydrogen) atoms. The van der Waals surface area contributed by atoms with Gasteiger partial charge in [-0.2, -0.15) is 0 Å². The monoisotopic (exact) mass is 289 g/mol. The summed E-state index contributed by atoms with van der Waals surface area (Å²) in [6.07, 6.45) is 3.68. The van der Waals surface area contributed by atoms with Gasteiger partial charge in [-0.15, -0.1) is 0 Å². The van der Waals surface area contributed by atoms with Crippen molar-refractivity contribution in [2.75, 3.05) is 20.2 Å². The van der Waals surface area contributed by atoms with Crippen LogP contribution in [0.25, 0.3) is 11.0 Å². The minimum absolute atomic E-state index is 0.0453. The van der Waals surface area contributed by atoms with E-state index in [0.29, 0.717) is 6.04 Å². The highest BCUT2D eigenvalue weighted by molar-refractivity contribution is 5.81. The number of piperidine rings is 1. The molecule has 0 radical (unpaired) electrons. The first kappa shape index (κ1) is 14.2. The van der Waals surface area contributed by atoms with Crippen LogP contribution in [0, 0.1) is 0 Å². The summed E-state index contributed by atoms with van der Waals surface area (Å²) in [5, 5.41) is 0. The number of rotatable bonds is 4. The van der Waals surface area contributed by atoms with E-state index < -0.39 is 0 Å². The van der Waals surface area contributed by atoms with Crippen LogP contribution in [0.5, 0.6) is 5.75 Å². The quantitative estimate of drug-likeness (QED) is 0.939. The molecule has 1 aromatic heterocycles. The van der Waals surface area contributed by atoms with Gasteiger partial charge < -0.3 is 9.72 Å². The summed E-state index contributed by atoms with van der Waals surface area (Å²) in [6, 6.07) is 6.24. The van der Waals surface area contributed by atoms with Crippen LogP contribution in [0.3, 0.4) is 0 Å². The molecule has 3 rings (SSSR count). The number of nitrogens with zero attached hydrogens (tertiary/aromatic N) is 2. The van der Waals surface area contributed by atoms with Gasteiger partial charge in [-0.25, -0.2) is 4.79 Å². The van der Waals surface area contributed by atoms with Crippen LogP contribution in [-0.2, 0) is 6.54 Å². The van der Waals surface area contributed by atoms with Crippen LogP contribution in [0.1, 0.15) is 26.2 Å². The number of imidazole rings is 1. The summed E-state index contributed by atoms with van der Waals surface area (Å²) >= 11 is 0. The summed E-state index contributed by atoms with van der Waals surface area (Å²) in [6.45, 7) is 5.13. The number of fused-ring (bicyclic) bond motifs is 1. The predicted molar refractivity (Wildman–Crippen MR) is 84.0 cm³/mol. The Balaban J connectivity index is 1.97. The number of hydrogen-bond acceptors (Lipinski definition) is 3. The van der Waals surface area contributed by atoms with E-state index in [0.717, 1.165) is 42.8 Å². The Morgan fingerprint density at radius 3 is 3.00 bits per heavy atom. The van der Waals surface area contributed by atoms with Crippen LogP contribution in [0.2, 0.25) is 0 Å². The molecule has 114 valence electrons. The lowest BCUT2D eigenvalue weighted by atomic mass is 10.0. The maximum Gasteiger partial charge on any atom is 0.326 e. The van der Waals surface area contributed by atoms with Gasteiger partial charge in [0.05, 0.1) is 12.6 Å². The minimum atomic E-state index is -0.0453. The van der Waals surface area contributed by atoms with E-state index >= 15 is 0 Å². The smallest absolute Gasteiger partial charge is 0.326 e. The molecule has 1 unspecified atom stereocenters. The normalized spacial score (nSPS) is 20.0. The number of likely N-dealkylation sites (tertiary alicyclic amines) is 1. The van der Waals surface area contributed by atoms with Crippen LogP contribution in [-0.4, -0.2) is 40.7 Å². The summed E-state index contributed by atoms with van der Waals surface area (Å²) in [5.74, 6) is 0.722. The Hall–Kier alpha value is -1.75. The molecule has 0 saturated carbocycles. The molecule has 2 aromatic rings. The van der Waals surface area contributed by atoms with E-state index in [2.05, 4.69) is 16.8 Å². The molecular formula is C16H23N3O2. The maximum absolute atomic E-state index is 12.3. The van der Waals surface area contributed by atoms with Gasteiger partial charge in [-0.3, -0.25) is 9.47 Å². The molecule has 5 nitrogen and oxygen atoms in total. The van der Waals surface area contributed by atoms with Crippen LogP contribution in [0.15, 0.2) is 23.0 Å². The second-order valence-corrected chi connectivity index (χ2v) is 5.67. The number of methoxy groups -OCH3 is 1. The SMILES string of the molecule is CCN1CCCCC1Cn1c(=O)[nH]c2c(OC)cccc21. The first-order valence-electron chi connectivity index (χ1n) is 7.74. The number of para-hydroxylation sites is 1. The third-order valence-corrected chi connectivity index (χ3v) is 4.54. The van der Waals surface area contributed by atoms with Crippen molar-refractivity contribution in [2.45, 2.75) is 38.8 Å². The molecule has 0 aliphatic carbocycles. The van der Waals surface area contributed by atoms with Crippen LogP contribution < -0.4 is 10.4 Å². The van der Waals surface area contributed by atoms with Gasteiger partial charge in [0.2, 0.25) is 0 Å². The topological polar surface area (TPSA) is 50.3 Å². The second kappa shape index (κ2) is 5.93. The van der Waals surface area contributed by atoms with E-state index in [-0.39, 0.29) is 5.69 Å². The molecule has 1 N–H and O–H groups in total. The summed E-state index contributed by atoms with van der Waals surface area (Å²) in [5.41, 5.74) is 1.68. The Bertz CT molecular complexity index is 674. The van der Waals surface area contributed by atoms with Crippen molar-refractivity contribution >= 4 is 11.0 Å². The molecule has 5 heteroatoms. The molecule has 1 aliphatic heterocycles. The zero-order valence-electron chi connectivity index (χ0n) is 12.8. The zero-order chi connectivity index (χ0) is 14.8. The molecular weight excluding hydrogens is 266 g/mol. The molecule has 1 aliphatic rings. The van der Waals surface area contributed by atoms with Gasteiger partial charge in [0, 0.05) is 12.6 Å². The number of nitrogens with one attached hydrogen (secondary N) is 1. The van der Waals surface area contributed by atoms with Gasteiger partial charge in [-0.1, -0.05) is 19.4 Å². The lowest BCUT2D eigenvalue weighted by Gasteiger charge is -2.34. The van der Waals surface area contributed by atoms with E-state index in [1.54, 1.807) is 7.11 Å². The molecule has 0 bridgehead atoms. The largest absolute Gasteiger partial charge is 0.494 e. The summed E-state index contributed by atoms with van der Waals surface area (Å²) in [7, 11) is 1.63. The van der Waals surface area contributed by atoms with Gasteiger partial charge >= 0.3 is 5.69 Å². The number of aromatic nitrogens is 2. The molecule has 0 amide bonds. The third kappa shape index (κ3) is 2.58. The first-order chi connectivity index (χ1) is 10.2. The number of ether oxygens (including phenoxy) is 1. The van der Waals surface area contributed by atoms with Crippen molar-refractivity contribution in [1.29, 1.82) is 0 Å². The maximum atomic E-state index is 12.3. The van der Waals surface area contributed by atoms with Crippen LogP contribution in [0.4, 0.5) is 0 Å². The highest BCUT2D eigenvalue weighted by atomic mass is 16.5. The Morgan fingerprint density at radius 2 is 2.24 bits per heavy atom. The average Bonchev–Trinajstić information content (AvgIpc) is 2.84. The first-order valence-corrected chi connectivity index (χ1v) is 7.74. The summed E-state index contributed by atoms with van der Waals surface area (Å²) in [4.78, 5) is 17.7. The Kier molecular flexibility index (Phi) is 4.01. The van der Waals surface area contributed by atoms with E-state index in [1.807, 2.05) is 22.8 Å². The lowest BCUT2D eigenvalue weighted by molar-refractivity contribution is 0.140. The Morgan fingerprint density at radius 1 is 1.38 bits per heavy atom. The second-order valence-electron chi connectivity index (χ2n) is 5.67. The van der Waals surface area contributed by atoms with E-state index in [4.69, 9.17) is 4.74 Å². The fourth-order valence-corrected chi connectivity index (χ4v) is 3.40. The standard InChI is InChI=1S/C16H23N3O2/c1-3-18-10-5-4-7-12(18)11-19-13-8-6-9-14(21-2)15(13)17-16(19)20/h6,8-9,12H,3-5,7,10-11H2,1-2H3,(H,17,20). The third-order valence-electron chi connectivity index (χ3n) is 4.54. The number of aromatic amines is 1. The lowest BCUT2D eigenvalue weighted by Crippen LogP contribution is -2.43. The van der Waals surface area contributed by atoms with Gasteiger partial charge in [0.1, 0.15) is 11.3 Å². The number of likely N-dealkylation sites (N-methyl/N-ethyl adjacent to an activating group) is 1. The number of benzene rings is 1. The van der Waals surface area contributed by atoms with Crippen molar-refractivity contribution in [1.82, 2.24) is 14.5 Å². The van der Waals surface area contributed by atoms with Crippen molar-refractivity contribution in [3.8, 4) is 5.75 Å². The average molecular weight is 289 g/mol. The zero-order valence-corrected chi connectivity index (χ0v) is 12.8. The fraction of sp³-hybridized carbons (Fsp3) is 0.562. The van der Waals surface area contributed by atoms with Crippen LogP contribution >= 0.6 is 0 Å². The minimum Gasteiger partial charge on any atom is -0.494 e. The highest BCUT2D eigenvalue weighted by Crippen LogP contribution is 2.24. The highest BCUT2D eigenvalue weighted by Gasteiger charge is 2.23. The molecule has 1 aromatic carbocycles. The van der Waals surface area contributed by atoms with Gasteiger partial charge in [0.25, 0.3) is 0 Å². The molecule has 0 spiro atoms. The Labute approximate surface area is 124 Å². The molecule has 1 saturated heterocycles. The number of H-pyrrole nitrogens is 1. The fourth-order valence-electron chi connectivity index (χ4n) is 3.40. The van der Waals surface area contributed by atoms with Gasteiger partial charge in [-0.05, 0) is 38.1 Å². The molecule has 2 heterocycles. The van der Waals surface area contributed by atoms with Crippen molar-refractivity contribution in [3.05, 3.63) is 28.7 Å². The van der Waals surface area contributed by atoms with E-state index in [9.17, 15) is 4.79 Å². The van der Waals surface area contributed by atoms with Crippen molar-refractivity contribution in [3.63, 3.8) is 0 Å². The number of hydrogen-bond donors (Lipinski definition) is 1. The summed E-state index contributed by atoms with van der Waals surface area (Å²) < 4.78 is 7.19. The predicted octanol–water partition coefficient (Wildman–Crippen LogP) is 2.21.